The zero-order valence-corrected chi connectivity index (χ0v) is 18.0. The van der Waals surface area contributed by atoms with Crippen molar-refractivity contribution in [3.05, 3.63) is 63.7 Å². The van der Waals surface area contributed by atoms with Gasteiger partial charge in [-0.3, -0.25) is 19.2 Å². The number of nitro groups is 1. The standard InChI is InChI=1S/C20H22N2O8S/c1-4-29-19(23)13-21(18-12-15(7-6-14(18)3)20(24)30-5-2)31(27,28)17-10-8-16(9-11-17)22(25)26/h6-12H,4-5,13H2,1-3H3. The van der Waals surface area contributed by atoms with E-state index in [1.54, 1.807) is 20.8 Å². The minimum absolute atomic E-state index is 0.0477. The fourth-order valence-electron chi connectivity index (χ4n) is 2.71. The van der Waals surface area contributed by atoms with E-state index in [-0.39, 0.29) is 35.0 Å². The van der Waals surface area contributed by atoms with Crippen molar-refractivity contribution in [1.29, 1.82) is 0 Å². The Labute approximate surface area is 179 Å². The quantitative estimate of drug-likeness (QED) is 0.323. The molecule has 0 aliphatic carbocycles. The molecule has 11 heteroatoms. The van der Waals surface area contributed by atoms with Crippen molar-refractivity contribution in [3.63, 3.8) is 0 Å². The Bertz CT molecular complexity index is 1080. The number of esters is 2. The van der Waals surface area contributed by atoms with Crippen LogP contribution < -0.4 is 4.31 Å². The predicted octanol–water partition coefficient (Wildman–Crippen LogP) is 2.84. The van der Waals surface area contributed by atoms with Gasteiger partial charge in [-0.2, -0.15) is 0 Å². The van der Waals surface area contributed by atoms with Gasteiger partial charge in [0.2, 0.25) is 0 Å². The van der Waals surface area contributed by atoms with E-state index < -0.39 is 33.4 Å². The number of hydrogen-bond acceptors (Lipinski definition) is 8. The third-order valence-corrected chi connectivity index (χ3v) is 5.98. The molecule has 2 aromatic rings. The molecule has 10 nitrogen and oxygen atoms in total. The van der Waals surface area contributed by atoms with Crippen LogP contribution in [0.3, 0.4) is 0 Å². The maximum atomic E-state index is 13.3. The summed E-state index contributed by atoms with van der Waals surface area (Å²) in [6, 6.07) is 8.60. The highest BCUT2D eigenvalue weighted by atomic mass is 32.2. The van der Waals surface area contributed by atoms with Crippen LogP contribution in [0.2, 0.25) is 0 Å². The molecule has 31 heavy (non-hydrogen) atoms. The molecule has 0 saturated carbocycles. The van der Waals surface area contributed by atoms with Gasteiger partial charge >= 0.3 is 11.9 Å². The zero-order valence-electron chi connectivity index (χ0n) is 17.2. The Morgan fingerprint density at radius 1 is 1.03 bits per heavy atom. The first-order valence-electron chi connectivity index (χ1n) is 9.32. The summed E-state index contributed by atoms with van der Waals surface area (Å²) in [6.45, 7) is 4.37. The maximum absolute atomic E-state index is 13.3. The number of ether oxygens (including phenoxy) is 2. The largest absolute Gasteiger partial charge is 0.465 e. The molecule has 2 aromatic carbocycles. The Hall–Kier alpha value is -3.47. The molecule has 0 spiro atoms. The number of aryl methyl sites for hydroxylation is 1. The van der Waals surface area contributed by atoms with Crippen LogP contribution in [0, 0.1) is 17.0 Å². The van der Waals surface area contributed by atoms with Gasteiger partial charge in [-0.25, -0.2) is 13.2 Å². The summed E-state index contributed by atoms with van der Waals surface area (Å²) in [5, 5.41) is 10.9. The number of benzene rings is 2. The predicted molar refractivity (Wildman–Crippen MR) is 111 cm³/mol. The minimum atomic E-state index is -4.33. The van der Waals surface area contributed by atoms with E-state index in [0.717, 1.165) is 28.6 Å². The van der Waals surface area contributed by atoms with Gasteiger partial charge in [0.1, 0.15) is 6.54 Å². The number of carbonyl (C=O) groups is 2. The van der Waals surface area contributed by atoms with Crippen molar-refractivity contribution in [2.75, 3.05) is 24.1 Å². The van der Waals surface area contributed by atoms with Crippen molar-refractivity contribution < 1.29 is 32.4 Å². The molecule has 0 bridgehead atoms. The number of sulfonamides is 1. The van der Waals surface area contributed by atoms with E-state index in [1.807, 2.05) is 0 Å². The number of non-ortho nitro benzene ring substituents is 1. The van der Waals surface area contributed by atoms with Crippen LogP contribution >= 0.6 is 0 Å². The first kappa shape index (κ1) is 23.8. The normalized spacial score (nSPS) is 10.9. The molecular weight excluding hydrogens is 428 g/mol. The number of nitro benzene ring substituents is 1. The summed E-state index contributed by atoms with van der Waals surface area (Å²) in [7, 11) is -4.33. The number of anilines is 1. The van der Waals surface area contributed by atoms with Crippen LogP contribution in [0.4, 0.5) is 11.4 Å². The molecule has 2 rings (SSSR count). The fourth-order valence-corrected chi connectivity index (χ4v) is 4.18. The van der Waals surface area contributed by atoms with Gasteiger partial charge in [0.15, 0.2) is 0 Å². The molecule has 0 saturated heterocycles. The van der Waals surface area contributed by atoms with Crippen molar-refractivity contribution in [1.82, 2.24) is 0 Å². The van der Waals surface area contributed by atoms with Crippen LogP contribution in [0.5, 0.6) is 0 Å². The van der Waals surface area contributed by atoms with Gasteiger partial charge < -0.3 is 9.47 Å². The molecule has 0 unspecified atom stereocenters. The maximum Gasteiger partial charge on any atom is 0.338 e. The Morgan fingerprint density at radius 2 is 1.65 bits per heavy atom. The third kappa shape index (κ3) is 5.57. The van der Waals surface area contributed by atoms with E-state index in [0.29, 0.717) is 5.56 Å². The minimum Gasteiger partial charge on any atom is -0.465 e. The van der Waals surface area contributed by atoms with Crippen molar-refractivity contribution in [2.24, 2.45) is 0 Å². The highest BCUT2D eigenvalue weighted by Crippen LogP contribution is 2.29. The van der Waals surface area contributed by atoms with Crippen molar-refractivity contribution in [2.45, 2.75) is 25.7 Å². The van der Waals surface area contributed by atoms with Gasteiger partial charge in [0.05, 0.1) is 34.3 Å². The Morgan fingerprint density at radius 3 is 2.19 bits per heavy atom. The summed E-state index contributed by atoms with van der Waals surface area (Å²) in [5.74, 6) is -1.44. The molecule has 0 fully saturated rings. The summed E-state index contributed by atoms with van der Waals surface area (Å²) in [5.41, 5.74) is 0.381. The third-order valence-electron chi connectivity index (χ3n) is 4.20. The van der Waals surface area contributed by atoms with E-state index in [1.165, 1.54) is 18.2 Å². The fraction of sp³-hybridized carbons (Fsp3) is 0.300. The second-order valence-corrected chi connectivity index (χ2v) is 8.15. The summed E-state index contributed by atoms with van der Waals surface area (Å²) in [4.78, 5) is 34.3. The van der Waals surface area contributed by atoms with Crippen LogP contribution in [0.15, 0.2) is 47.4 Å². The van der Waals surface area contributed by atoms with E-state index in [9.17, 15) is 28.1 Å². The van der Waals surface area contributed by atoms with Gasteiger partial charge in [0, 0.05) is 12.1 Å². The Kier molecular flexibility index (Phi) is 7.70. The van der Waals surface area contributed by atoms with E-state index in [4.69, 9.17) is 9.47 Å². The van der Waals surface area contributed by atoms with Crippen molar-refractivity contribution in [3.8, 4) is 0 Å². The van der Waals surface area contributed by atoms with Crippen molar-refractivity contribution >= 4 is 33.3 Å². The monoisotopic (exact) mass is 450 g/mol. The molecular formula is C20H22N2O8S. The molecule has 0 atom stereocenters. The lowest BCUT2D eigenvalue weighted by Gasteiger charge is -2.25. The summed E-state index contributed by atoms with van der Waals surface area (Å²) in [6.07, 6.45) is 0. The lowest BCUT2D eigenvalue weighted by Crippen LogP contribution is -2.37. The van der Waals surface area contributed by atoms with Gasteiger partial charge in [-0.05, 0) is 50.6 Å². The lowest BCUT2D eigenvalue weighted by atomic mass is 10.1. The Balaban J connectivity index is 2.60. The highest BCUT2D eigenvalue weighted by molar-refractivity contribution is 7.92. The first-order valence-corrected chi connectivity index (χ1v) is 10.8. The average molecular weight is 450 g/mol. The first-order chi connectivity index (χ1) is 14.6. The topological polar surface area (TPSA) is 133 Å². The second kappa shape index (κ2) is 10.0. The van der Waals surface area contributed by atoms with Crippen LogP contribution in [-0.4, -0.2) is 45.0 Å². The molecule has 0 amide bonds. The molecule has 0 heterocycles. The molecule has 0 radical (unpaired) electrons. The van der Waals surface area contributed by atoms with Crippen LogP contribution in [-0.2, 0) is 24.3 Å². The molecule has 0 N–H and O–H groups in total. The molecule has 0 aromatic heterocycles. The second-order valence-electron chi connectivity index (χ2n) is 6.29. The number of carbonyl (C=O) groups excluding carboxylic acids is 2. The van der Waals surface area contributed by atoms with E-state index in [2.05, 4.69) is 0 Å². The molecule has 0 aliphatic heterocycles. The SMILES string of the molecule is CCOC(=O)CN(c1cc(C(=O)OCC)ccc1C)S(=O)(=O)c1ccc([N+](=O)[O-])cc1. The van der Waals surface area contributed by atoms with Gasteiger partial charge in [-0.15, -0.1) is 0 Å². The van der Waals surface area contributed by atoms with E-state index >= 15 is 0 Å². The molecule has 166 valence electrons. The highest BCUT2D eigenvalue weighted by Gasteiger charge is 2.30. The summed E-state index contributed by atoms with van der Waals surface area (Å²) < 4.78 is 37.4. The lowest BCUT2D eigenvalue weighted by molar-refractivity contribution is -0.384. The van der Waals surface area contributed by atoms with Gasteiger partial charge in [0.25, 0.3) is 15.7 Å². The smallest absolute Gasteiger partial charge is 0.338 e. The number of rotatable bonds is 9. The number of nitrogens with zero attached hydrogens (tertiary/aromatic N) is 2. The van der Waals surface area contributed by atoms with Gasteiger partial charge in [-0.1, -0.05) is 6.07 Å². The summed E-state index contributed by atoms with van der Waals surface area (Å²) >= 11 is 0. The number of hydrogen-bond donors (Lipinski definition) is 0. The van der Waals surface area contributed by atoms with Crippen LogP contribution in [0.25, 0.3) is 0 Å². The molecule has 0 aliphatic rings. The zero-order chi connectivity index (χ0) is 23.2. The average Bonchev–Trinajstić information content (AvgIpc) is 2.73. The van der Waals surface area contributed by atoms with Crippen LogP contribution in [0.1, 0.15) is 29.8 Å².